The van der Waals surface area contributed by atoms with E-state index in [0.717, 1.165) is 6.07 Å². The first-order valence-corrected chi connectivity index (χ1v) is 9.38. The number of hydrogen-bond donors (Lipinski definition) is 1. The first-order chi connectivity index (χ1) is 14.4. The number of carbonyl (C=O) groups excluding carboxylic acids is 2. The highest BCUT2D eigenvalue weighted by molar-refractivity contribution is 9.10. The minimum Gasteiger partial charge on any atom is -0.423 e. The van der Waals surface area contributed by atoms with E-state index in [9.17, 15) is 19.7 Å². The van der Waals surface area contributed by atoms with E-state index in [2.05, 4.69) is 26.5 Å². The van der Waals surface area contributed by atoms with Gasteiger partial charge < -0.3 is 4.74 Å². The Kier molecular flexibility index (Phi) is 6.66. The van der Waals surface area contributed by atoms with E-state index in [1.54, 1.807) is 48.5 Å². The van der Waals surface area contributed by atoms with Crippen molar-refractivity contribution in [2.24, 2.45) is 5.10 Å². The van der Waals surface area contributed by atoms with Crippen LogP contribution >= 0.6 is 15.9 Å². The number of amides is 1. The Balaban J connectivity index is 1.65. The van der Waals surface area contributed by atoms with Gasteiger partial charge in [0.05, 0.1) is 16.7 Å². The topological polar surface area (TPSA) is 111 Å². The van der Waals surface area contributed by atoms with Crippen LogP contribution in [0.25, 0.3) is 0 Å². The van der Waals surface area contributed by atoms with Crippen LogP contribution in [0.15, 0.2) is 82.4 Å². The zero-order chi connectivity index (χ0) is 21.5. The summed E-state index contributed by atoms with van der Waals surface area (Å²) >= 11 is 3.30. The predicted octanol–water partition coefficient (Wildman–Crippen LogP) is 4.34. The predicted molar refractivity (Wildman–Crippen MR) is 114 cm³/mol. The summed E-state index contributed by atoms with van der Waals surface area (Å²) in [5.41, 5.74) is 3.19. The van der Waals surface area contributed by atoms with Crippen LogP contribution in [0.1, 0.15) is 26.3 Å². The summed E-state index contributed by atoms with van der Waals surface area (Å²) in [7, 11) is 0. The molecule has 8 nitrogen and oxygen atoms in total. The van der Waals surface area contributed by atoms with Gasteiger partial charge in [0.15, 0.2) is 0 Å². The maximum Gasteiger partial charge on any atom is 0.344 e. The van der Waals surface area contributed by atoms with Crippen LogP contribution in [0, 0.1) is 10.1 Å². The van der Waals surface area contributed by atoms with Gasteiger partial charge in [-0.05, 0) is 51.8 Å². The molecular formula is C21H14BrN3O5. The molecule has 0 heterocycles. The summed E-state index contributed by atoms with van der Waals surface area (Å²) in [6.45, 7) is 0. The SMILES string of the molecule is O=C(NN=Cc1cccc(OC(=O)c2ccccc2Br)c1)c1cccc([N+](=O)[O-])c1. The van der Waals surface area contributed by atoms with Crippen LogP contribution in [-0.2, 0) is 0 Å². The van der Waals surface area contributed by atoms with E-state index >= 15 is 0 Å². The fourth-order valence-corrected chi connectivity index (χ4v) is 2.88. The monoisotopic (exact) mass is 467 g/mol. The van der Waals surface area contributed by atoms with Gasteiger partial charge in [-0.1, -0.05) is 30.3 Å². The highest BCUT2D eigenvalue weighted by Gasteiger charge is 2.12. The van der Waals surface area contributed by atoms with Crippen LogP contribution in [0.3, 0.4) is 0 Å². The molecule has 0 spiro atoms. The van der Waals surface area contributed by atoms with Gasteiger partial charge in [0.1, 0.15) is 5.75 Å². The molecular weight excluding hydrogens is 454 g/mol. The standard InChI is InChI=1S/C21H14BrN3O5/c22-19-10-2-1-9-18(19)21(27)30-17-8-3-5-14(11-17)13-23-24-20(26)15-6-4-7-16(12-15)25(28)29/h1-13H,(H,24,26). The molecule has 9 heteroatoms. The molecule has 3 aromatic rings. The number of ether oxygens (including phenoxy) is 1. The van der Waals surface area contributed by atoms with Crippen molar-refractivity contribution >= 4 is 39.7 Å². The summed E-state index contributed by atoms with van der Waals surface area (Å²) in [4.78, 5) is 34.6. The van der Waals surface area contributed by atoms with Crippen molar-refractivity contribution in [3.8, 4) is 5.75 Å². The van der Waals surface area contributed by atoms with Crippen LogP contribution in [0.2, 0.25) is 0 Å². The molecule has 3 aromatic carbocycles. The van der Waals surface area contributed by atoms with Crippen LogP contribution in [0.4, 0.5) is 5.69 Å². The van der Waals surface area contributed by atoms with Crippen molar-refractivity contribution in [1.82, 2.24) is 5.43 Å². The molecule has 0 fully saturated rings. The molecule has 0 radical (unpaired) electrons. The number of hydrazone groups is 1. The number of benzene rings is 3. The number of carbonyl (C=O) groups is 2. The Hall–Kier alpha value is -3.85. The molecule has 0 atom stereocenters. The molecule has 150 valence electrons. The van der Waals surface area contributed by atoms with E-state index in [0.29, 0.717) is 21.3 Å². The van der Waals surface area contributed by atoms with E-state index in [4.69, 9.17) is 4.74 Å². The van der Waals surface area contributed by atoms with Gasteiger partial charge in [-0.25, -0.2) is 10.2 Å². The van der Waals surface area contributed by atoms with Crippen LogP contribution in [-0.4, -0.2) is 23.0 Å². The van der Waals surface area contributed by atoms with Crippen molar-refractivity contribution in [3.05, 3.63) is 104 Å². The maximum absolute atomic E-state index is 12.3. The van der Waals surface area contributed by atoms with Gasteiger partial charge in [0, 0.05) is 22.2 Å². The van der Waals surface area contributed by atoms with Gasteiger partial charge >= 0.3 is 5.97 Å². The largest absolute Gasteiger partial charge is 0.423 e. The Labute approximate surface area is 179 Å². The van der Waals surface area contributed by atoms with E-state index in [1.807, 2.05) is 0 Å². The number of esters is 1. The summed E-state index contributed by atoms with van der Waals surface area (Å²) < 4.78 is 5.99. The molecule has 0 aromatic heterocycles. The summed E-state index contributed by atoms with van der Waals surface area (Å²) in [5.74, 6) is -0.799. The number of nitro benzene ring substituents is 1. The maximum atomic E-state index is 12.3. The molecule has 0 aliphatic heterocycles. The number of nitrogens with one attached hydrogen (secondary N) is 1. The molecule has 0 aliphatic carbocycles. The van der Waals surface area contributed by atoms with Crippen molar-refractivity contribution in [1.29, 1.82) is 0 Å². The lowest BCUT2D eigenvalue weighted by atomic mass is 10.2. The third-order valence-corrected chi connectivity index (χ3v) is 4.55. The van der Waals surface area contributed by atoms with Gasteiger partial charge in [0.2, 0.25) is 0 Å². The quantitative estimate of drug-likeness (QED) is 0.190. The highest BCUT2D eigenvalue weighted by Crippen LogP contribution is 2.19. The molecule has 0 bridgehead atoms. The molecule has 1 amide bonds. The van der Waals surface area contributed by atoms with Crippen molar-refractivity contribution in [3.63, 3.8) is 0 Å². The summed E-state index contributed by atoms with van der Waals surface area (Å²) in [6.07, 6.45) is 1.37. The van der Waals surface area contributed by atoms with Gasteiger partial charge in [-0.15, -0.1) is 0 Å². The fourth-order valence-electron chi connectivity index (χ4n) is 2.44. The van der Waals surface area contributed by atoms with Crippen molar-refractivity contribution in [2.45, 2.75) is 0 Å². The lowest BCUT2D eigenvalue weighted by Crippen LogP contribution is -2.17. The molecule has 0 unspecified atom stereocenters. The van der Waals surface area contributed by atoms with Gasteiger partial charge in [0.25, 0.3) is 11.6 Å². The lowest BCUT2D eigenvalue weighted by Gasteiger charge is -2.06. The second-order valence-corrected chi connectivity index (χ2v) is 6.80. The average molecular weight is 468 g/mol. The smallest absolute Gasteiger partial charge is 0.344 e. The van der Waals surface area contributed by atoms with E-state index < -0.39 is 16.8 Å². The zero-order valence-corrected chi connectivity index (χ0v) is 16.9. The van der Waals surface area contributed by atoms with E-state index in [-0.39, 0.29) is 11.3 Å². The zero-order valence-electron chi connectivity index (χ0n) is 15.3. The normalized spacial score (nSPS) is 10.6. The second-order valence-electron chi connectivity index (χ2n) is 5.95. The third kappa shape index (κ3) is 5.36. The molecule has 3 rings (SSSR count). The molecule has 0 aliphatic rings. The third-order valence-electron chi connectivity index (χ3n) is 3.86. The molecule has 30 heavy (non-hydrogen) atoms. The first kappa shape index (κ1) is 20.9. The summed E-state index contributed by atoms with van der Waals surface area (Å²) in [5, 5.41) is 14.6. The van der Waals surface area contributed by atoms with Gasteiger partial charge in [-0.3, -0.25) is 14.9 Å². The first-order valence-electron chi connectivity index (χ1n) is 8.58. The van der Waals surface area contributed by atoms with E-state index in [1.165, 1.54) is 24.4 Å². The van der Waals surface area contributed by atoms with Crippen LogP contribution in [0.5, 0.6) is 5.75 Å². The Morgan fingerprint density at radius 1 is 1.03 bits per heavy atom. The van der Waals surface area contributed by atoms with Gasteiger partial charge in [-0.2, -0.15) is 5.10 Å². The Morgan fingerprint density at radius 3 is 2.57 bits per heavy atom. The molecule has 0 saturated heterocycles. The number of non-ortho nitro benzene ring substituents is 1. The number of nitrogens with zero attached hydrogens (tertiary/aromatic N) is 2. The lowest BCUT2D eigenvalue weighted by molar-refractivity contribution is -0.384. The molecule has 0 saturated carbocycles. The second kappa shape index (κ2) is 9.57. The Bertz CT molecular complexity index is 1150. The summed E-state index contributed by atoms with van der Waals surface area (Å²) in [6, 6.07) is 18.8. The Morgan fingerprint density at radius 2 is 1.80 bits per heavy atom. The van der Waals surface area contributed by atoms with Crippen molar-refractivity contribution in [2.75, 3.05) is 0 Å². The number of hydrogen-bond acceptors (Lipinski definition) is 6. The van der Waals surface area contributed by atoms with Crippen LogP contribution < -0.4 is 10.2 Å². The fraction of sp³-hybridized carbons (Fsp3) is 0. The molecule has 1 N–H and O–H groups in total. The minimum atomic E-state index is -0.591. The highest BCUT2D eigenvalue weighted by atomic mass is 79.9. The number of rotatable bonds is 6. The average Bonchev–Trinajstić information content (AvgIpc) is 2.74. The minimum absolute atomic E-state index is 0.109. The number of nitro groups is 1. The number of halogens is 1. The van der Waals surface area contributed by atoms with Crippen molar-refractivity contribution < 1.29 is 19.2 Å².